The smallest absolute Gasteiger partial charge is 0.134 e. The highest BCUT2D eigenvalue weighted by atomic mass is 35.5. The first-order valence-corrected chi connectivity index (χ1v) is 10.2. The van der Waals surface area contributed by atoms with Gasteiger partial charge in [-0.15, -0.1) is 12.4 Å². The molecule has 0 amide bonds. The number of aromatic nitrogens is 1. The summed E-state index contributed by atoms with van der Waals surface area (Å²) in [6.07, 6.45) is 4.05. The average Bonchev–Trinajstić information content (AvgIpc) is 3.56. The van der Waals surface area contributed by atoms with Gasteiger partial charge in [-0.25, -0.2) is 0 Å². The number of amidine groups is 2. The van der Waals surface area contributed by atoms with Crippen LogP contribution in [-0.2, 0) is 0 Å². The summed E-state index contributed by atoms with van der Waals surface area (Å²) in [7, 11) is 0. The number of nitrogens with one attached hydrogen (secondary N) is 3. The first kappa shape index (κ1) is 19.5. The highest BCUT2D eigenvalue weighted by Crippen LogP contribution is 2.24. The van der Waals surface area contributed by atoms with E-state index >= 15 is 0 Å². The Labute approximate surface area is 185 Å². The fourth-order valence-electron chi connectivity index (χ4n) is 4.03. The lowest BCUT2D eigenvalue weighted by atomic mass is 10.1. The molecule has 4 heterocycles. The van der Waals surface area contributed by atoms with Gasteiger partial charge in [-0.1, -0.05) is 12.1 Å². The number of rotatable bonds is 4. The van der Waals surface area contributed by atoms with Crippen molar-refractivity contribution in [2.24, 2.45) is 9.98 Å². The highest BCUT2D eigenvalue weighted by Gasteiger charge is 2.11. The second kappa shape index (κ2) is 7.96. The minimum absolute atomic E-state index is 0. The Morgan fingerprint density at radius 3 is 2.26 bits per heavy atom. The maximum Gasteiger partial charge on any atom is 0.134 e. The number of hydrogen-bond donors (Lipinski definition) is 3. The van der Waals surface area contributed by atoms with Crippen molar-refractivity contribution < 1.29 is 4.42 Å². The highest BCUT2D eigenvalue weighted by molar-refractivity contribution is 6.03. The van der Waals surface area contributed by atoms with Gasteiger partial charge >= 0.3 is 0 Å². The van der Waals surface area contributed by atoms with Gasteiger partial charge in [0.05, 0.1) is 13.1 Å². The SMILES string of the molecule is C(=C\c1cc2cc(C3=NCCN3)ccc2o1)/c1cc2ccc(C3=NCCN3)cc2[nH]1.Cl. The Morgan fingerprint density at radius 1 is 0.774 bits per heavy atom. The van der Waals surface area contributed by atoms with E-state index < -0.39 is 0 Å². The van der Waals surface area contributed by atoms with E-state index in [2.05, 4.69) is 68.1 Å². The van der Waals surface area contributed by atoms with Crippen LogP contribution >= 0.6 is 12.4 Å². The van der Waals surface area contributed by atoms with Crippen LogP contribution in [0, 0.1) is 0 Å². The van der Waals surface area contributed by atoms with Crippen LogP contribution in [0.1, 0.15) is 22.6 Å². The predicted molar refractivity (Wildman–Crippen MR) is 130 cm³/mol. The zero-order valence-corrected chi connectivity index (χ0v) is 17.6. The summed E-state index contributed by atoms with van der Waals surface area (Å²) in [6.45, 7) is 3.50. The van der Waals surface area contributed by atoms with Gasteiger partial charge < -0.3 is 20.0 Å². The molecule has 6 nitrogen and oxygen atoms in total. The molecule has 0 bridgehead atoms. The lowest BCUT2D eigenvalue weighted by molar-refractivity contribution is 0.604. The Bertz CT molecular complexity index is 1260. The fourth-order valence-corrected chi connectivity index (χ4v) is 4.03. The maximum absolute atomic E-state index is 5.98. The van der Waals surface area contributed by atoms with Crippen LogP contribution in [0.2, 0.25) is 0 Å². The summed E-state index contributed by atoms with van der Waals surface area (Å²) in [6, 6.07) is 16.8. The molecule has 2 aromatic heterocycles. The summed E-state index contributed by atoms with van der Waals surface area (Å²) < 4.78 is 5.98. The monoisotopic (exact) mass is 431 g/mol. The van der Waals surface area contributed by atoms with Crippen molar-refractivity contribution in [3.63, 3.8) is 0 Å². The van der Waals surface area contributed by atoms with Gasteiger partial charge in [-0.3, -0.25) is 9.98 Å². The zero-order valence-electron chi connectivity index (χ0n) is 16.8. The number of nitrogens with zero attached hydrogens (tertiary/aromatic N) is 2. The van der Waals surface area contributed by atoms with Crippen molar-refractivity contribution in [3.8, 4) is 0 Å². The number of benzene rings is 2. The normalized spacial score (nSPS) is 15.7. The van der Waals surface area contributed by atoms with Crippen LogP contribution in [0.25, 0.3) is 34.0 Å². The molecule has 0 saturated carbocycles. The molecule has 0 atom stereocenters. The molecule has 4 aromatic rings. The number of furan rings is 1. The van der Waals surface area contributed by atoms with E-state index in [1.54, 1.807) is 0 Å². The van der Waals surface area contributed by atoms with E-state index in [1.807, 2.05) is 18.2 Å². The second-order valence-corrected chi connectivity index (χ2v) is 7.58. The van der Waals surface area contributed by atoms with Gasteiger partial charge in [0.25, 0.3) is 0 Å². The average molecular weight is 432 g/mol. The minimum atomic E-state index is 0. The van der Waals surface area contributed by atoms with E-state index in [4.69, 9.17) is 4.42 Å². The number of hydrogen-bond acceptors (Lipinski definition) is 5. The maximum atomic E-state index is 5.98. The first-order chi connectivity index (χ1) is 14.8. The predicted octanol–water partition coefficient (Wildman–Crippen LogP) is 4.21. The molecule has 3 N–H and O–H groups in total. The lowest BCUT2D eigenvalue weighted by Gasteiger charge is -2.01. The molecule has 0 radical (unpaired) electrons. The van der Waals surface area contributed by atoms with Crippen molar-refractivity contribution in [1.29, 1.82) is 0 Å². The van der Waals surface area contributed by atoms with Crippen LogP contribution in [0.3, 0.4) is 0 Å². The second-order valence-electron chi connectivity index (χ2n) is 7.58. The number of aromatic amines is 1. The number of halogens is 1. The molecule has 6 rings (SSSR count). The molecule has 0 spiro atoms. The number of H-pyrrole nitrogens is 1. The summed E-state index contributed by atoms with van der Waals surface area (Å²) in [5.41, 5.74) is 5.23. The van der Waals surface area contributed by atoms with Gasteiger partial charge in [-0.2, -0.15) is 0 Å². The molecule has 0 unspecified atom stereocenters. The lowest BCUT2D eigenvalue weighted by Crippen LogP contribution is -2.19. The van der Waals surface area contributed by atoms with Crippen molar-refractivity contribution in [1.82, 2.24) is 15.6 Å². The standard InChI is InChI=1S/C24H21N5O.ClH/c1-2-17(24-27-9-10-28-24)14-21-15(1)12-19(29-21)4-5-20-13-18-11-16(3-6-22(18)30-20)23-25-7-8-26-23;/h1-6,11-14,29H,7-10H2,(H,25,26)(H,27,28);1H/b5-4+;. The third-order valence-corrected chi connectivity index (χ3v) is 5.50. The van der Waals surface area contributed by atoms with Gasteiger partial charge in [0.2, 0.25) is 0 Å². The van der Waals surface area contributed by atoms with Gasteiger partial charge in [-0.05, 0) is 48.6 Å². The summed E-state index contributed by atoms with van der Waals surface area (Å²) in [5.74, 6) is 2.77. The molecule has 156 valence electrons. The number of fused-ring (bicyclic) bond motifs is 2. The zero-order chi connectivity index (χ0) is 19.9. The summed E-state index contributed by atoms with van der Waals surface area (Å²) in [4.78, 5) is 12.5. The van der Waals surface area contributed by atoms with Gasteiger partial charge in [0.15, 0.2) is 0 Å². The number of aliphatic imine (C=N–C) groups is 2. The van der Waals surface area contributed by atoms with Crippen LogP contribution < -0.4 is 10.6 Å². The third-order valence-electron chi connectivity index (χ3n) is 5.50. The molecule has 0 aliphatic carbocycles. The molecule has 31 heavy (non-hydrogen) atoms. The molecule has 2 aliphatic rings. The van der Waals surface area contributed by atoms with E-state index in [-0.39, 0.29) is 12.4 Å². The Balaban J connectivity index is 0.00000204. The minimum Gasteiger partial charge on any atom is -0.457 e. The molecule has 0 saturated heterocycles. The van der Waals surface area contributed by atoms with Crippen molar-refractivity contribution in [2.75, 3.05) is 26.2 Å². The Morgan fingerprint density at radius 2 is 1.52 bits per heavy atom. The molecule has 2 aromatic carbocycles. The van der Waals surface area contributed by atoms with E-state index in [0.717, 1.165) is 76.9 Å². The van der Waals surface area contributed by atoms with Crippen LogP contribution in [0.4, 0.5) is 0 Å². The van der Waals surface area contributed by atoms with Crippen molar-refractivity contribution in [2.45, 2.75) is 0 Å². The molecule has 7 heteroatoms. The van der Waals surface area contributed by atoms with Crippen LogP contribution in [-0.4, -0.2) is 42.8 Å². The van der Waals surface area contributed by atoms with Crippen LogP contribution in [0.5, 0.6) is 0 Å². The molecule has 2 aliphatic heterocycles. The van der Waals surface area contributed by atoms with E-state index in [9.17, 15) is 0 Å². The molecular formula is C24H22ClN5O. The summed E-state index contributed by atoms with van der Waals surface area (Å²) in [5, 5.41) is 8.89. The van der Waals surface area contributed by atoms with E-state index in [0.29, 0.717) is 0 Å². The summed E-state index contributed by atoms with van der Waals surface area (Å²) >= 11 is 0. The Hall–Kier alpha value is -3.51. The fraction of sp³-hybridized carbons (Fsp3) is 0.167. The van der Waals surface area contributed by atoms with E-state index in [1.165, 1.54) is 5.39 Å². The molecule has 0 fully saturated rings. The topological polar surface area (TPSA) is 77.7 Å². The van der Waals surface area contributed by atoms with Crippen LogP contribution in [0.15, 0.2) is 62.9 Å². The largest absolute Gasteiger partial charge is 0.457 e. The van der Waals surface area contributed by atoms with Gasteiger partial charge in [0.1, 0.15) is 23.0 Å². The molecular weight excluding hydrogens is 410 g/mol. The van der Waals surface area contributed by atoms with Crippen molar-refractivity contribution >= 4 is 58.1 Å². The van der Waals surface area contributed by atoms with Gasteiger partial charge in [0, 0.05) is 46.2 Å². The third kappa shape index (κ3) is 3.70. The Kier molecular flexibility index (Phi) is 5.00. The van der Waals surface area contributed by atoms with Crippen molar-refractivity contribution in [3.05, 3.63) is 71.1 Å². The quantitative estimate of drug-likeness (QED) is 0.453. The first-order valence-electron chi connectivity index (χ1n) is 10.2.